The standard InChI is InChI=1S/C22H23N3O2S/c1-16-6-2-3-7-17(16)20-10-11-24(12-13-28-20)21(26)14-25-15-23-19-9-5-4-8-18(19)22(25)27/h2-9,15,20H,10-14H2,1H3/t20-/m1/s1. The van der Waals surface area contributed by atoms with Gasteiger partial charge in [0, 0.05) is 24.1 Å². The lowest BCUT2D eigenvalue weighted by atomic mass is 10.0. The van der Waals surface area contributed by atoms with Gasteiger partial charge in [-0.25, -0.2) is 4.98 Å². The van der Waals surface area contributed by atoms with Crippen LogP contribution in [0, 0.1) is 6.92 Å². The fourth-order valence-electron chi connectivity index (χ4n) is 3.68. The number of aromatic nitrogens is 2. The van der Waals surface area contributed by atoms with Crippen LogP contribution in [0.4, 0.5) is 0 Å². The molecule has 1 aliphatic rings. The molecule has 0 bridgehead atoms. The average Bonchev–Trinajstić information content (AvgIpc) is 2.97. The molecule has 0 spiro atoms. The van der Waals surface area contributed by atoms with Crippen molar-refractivity contribution in [2.45, 2.75) is 25.1 Å². The number of nitrogens with zero attached hydrogens (tertiary/aromatic N) is 3. The molecule has 4 rings (SSSR count). The molecule has 1 amide bonds. The van der Waals surface area contributed by atoms with Crippen molar-refractivity contribution in [1.82, 2.24) is 14.5 Å². The first-order valence-electron chi connectivity index (χ1n) is 9.52. The van der Waals surface area contributed by atoms with Gasteiger partial charge in [-0.2, -0.15) is 11.8 Å². The Morgan fingerprint density at radius 3 is 2.79 bits per heavy atom. The summed E-state index contributed by atoms with van der Waals surface area (Å²) in [5.41, 5.74) is 3.15. The van der Waals surface area contributed by atoms with Crippen LogP contribution in [0.25, 0.3) is 10.9 Å². The first-order valence-corrected chi connectivity index (χ1v) is 10.6. The highest BCUT2D eigenvalue weighted by Crippen LogP contribution is 2.35. The summed E-state index contributed by atoms with van der Waals surface area (Å²) in [5, 5.41) is 0.952. The van der Waals surface area contributed by atoms with Gasteiger partial charge in [0.2, 0.25) is 5.91 Å². The molecule has 1 saturated heterocycles. The van der Waals surface area contributed by atoms with Gasteiger partial charge >= 0.3 is 0 Å². The van der Waals surface area contributed by atoms with Crippen LogP contribution in [0.5, 0.6) is 0 Å². The molecule has 144 valence electrons. The van der Waals surface area contributed by atoms with Gasteiger partial charge in [0.25, 0.3) is 5.56 Å². The second-order valence-electron chi connectivity index (χ2n) is 7.08. The lowest BCUT2D eigenvalue weighted by Gasteiger charge is -2.21. The Hall–Kier alpha value is -2.60. The lowest BCUT2D eigenvalue weighted by molar-refractivity contribution is -0.131. The molecule has 6 heteroatoms. The highest BCUT2D eigenvalue weighted by atomic mass is 32.2. The minimum atomic E-state index is -0.166. The van der Waals surface area contributed by atoms with E-state index in [-0.39, 0.29) is 18.0 Å². The summed E-state index contributed by atoms with van der Waals surface area (Å²) >= 11 is 1.91. The molecule has 0 N–H and O–H groups in total. The SMILES string of the molecule is Cc1ccccc1[C@H]1CCN(C(=O)Cn2cnc3ccccc3c2=O)CCS1. The van der Waals surface area contributed by atoms with Crippen molar-refractivity contribution in [3.63, 3.8) is 0 Å². The maximum absolute atomic E-state index is 12.8. The van der Waals surface area contributed by atoms with Crippen molar-refractivity contribution in [1.29, 1.82) is 0 Å². The van der Waals surface area contributed by atoms with Gasteiger partial charge in [-0.1, -0.05) is 36.4 Å². The fraction of sp³-hybridized carbons (Fsp3) is 0.318. The van der Waals surface area contributed by atoms with Crippen LogP contribution in [0.15, 0.2) is 59.7 Å². The fourth-order valence-corrected chi connectivity index (χ4v) is 5.01. The Labute approximate surface area is 168 Å². The van der Waals surface area contributed by atoms with E-state index in [0.717, 1.165) is 12.2 Å². The summed E-state index contributed by atoms with van der Waals surface area (Å²) in [7, 11) is 0. The maximum atomic E-state index is 12.8. The molecular formula is C22H23N3O2S. The number of aryl methyl sites for hydroxylation is 1. The summed E-state index contributed by atoms with van der Waals surface area (Å²) in [6.45, 7) is 3.60. The van der Waals surface area contributed by atoms with Gasteiger partial charge in [-0.3, -0.25) is 14.2 Å². The van der Waals surface area contributed by atoms with Gasteiger partial charge in [0.15, 0.2) is 0 Å². The second-order valence-corrected chi connectivity index (χ2v) is 8.39. The third-order valence-electron chi connectivity index (χ3n) is 5.27. The van der Waals surface area contributed by atoms with Crippen LogP contribution in [0.2, 0.25) is 0 Å². The molecule has 0 saturated carbocycles. The number of carbonyl (C=O) groups excluding carboxylic acids is 1. The molecule has 1 aliphatic heterocycles. The van der Waals surface area contributed by atoms with Crippen molar-refractivity contribution in [3.05, 3.63) is 76.3 Å². The third kappa shape index (κ3) is 3.83. The molecular weight excluding hydrogens is 370 g/mol. The van der Waals surface area contributed by atoms with Crippen LogP contribution in [0.3, 0.4) is 0 Å². The predicted molar refractivity (Wildman–Crippen MR) is 114 cm³/mol. The van der Waals surface area contributed by atoms with Gasteiger partial charge in [-0.05, 0) is 36.6 Å². The maximum Gasteiger partial charge on any atom is 0.261 e. The molecule has 0 unspecified atom stereocenters. The predicted octanol–water partition coefficient (Wildman–Crippen LogP) is 3.41. The summed E-state index contributed by atoms with van der Waals surface area (Å²) in [5.74, 6) is 0.875. The van der Waals surface area contributed by atoms with E-state index < -0.39 is 0 Å². The van der Waals surface area contributed by atoms with E-state index in [1.165, 1.54) is 22.0 Å². The first kappa shape index (κ1) is 18.7. The molecule has 1 aromatic heterocycles. The Balaban J connectivity index is 1.47. The van der Waals surface area contributed by atoms with Crippen LogP contribution >= 0.6 is 11.8 Å². The van der Waals surface area contributed by atoms with Crippen molar-refractivity contribution < 1.29 is 4.79 Å². The van der Waals surface area contributed by atoms with Crippen LogP contribution in [-0.4, -0.2) is 39.2 Å². The summed E-state index contributed by atoms with van der Waals surface area (Å²) in [6.07, 6.45) is 2.40. The second kappa shape index (κ2) is 8.19. The molecule has 2 aromatic carbocycles. The van der Waals surface area contributed by atoms with E-state index in [4.69, 9.17) is 0 Å². The zero-order chi connectivity index (χ0) is 19.5. The van der Waals surface area contributed by atoms with Gasteiger partial charge in [0.05, 0.1) is 17.2 Å². The van der Waals surface area contributed by atoms with Crippen molar-refractivity contribution >= 4 is 28.6 Å². The molecule has 28 heavy (non-hydrogen) atoms. The summed E-state index contributed by atoms with van der Waals surface area (Å²) in [6, 6.07) is 15.7. The Morgan fingerprint density at radius 1 is 1.14 bits per heavy atom. The third-order valence-corrected chi connectivity index (χ3v) is 6.58. The van der Waals surface area contributed by atoms with Crippen molar-refractivity contribution in [2.75, 3.05) is 18.8 Å². The smallest absolute Gasteiger partial charge is 0.261 e. The monoisotopic (exact) mass is 393 g/mol. The lowest BCUT2D eigenvalue weighted by Crippen LogP contribution is -2.37. The number of thioether (sulfide) groups is 1. The number of fused-ring (bicyclic) bond motifs is 1. The van der Waals surface area contributed by atoms with Crippen LogP contribution in [-0.2, 0) is 11.3 Å². The topological polar surface area (TPSA) is 55.2 Å². The summed E-state index contributed by atoms with van der Waals surface area (Å²) < 4.78 is 1.42. The van der Waals surface area contributed by atoms with Crippen molar-refractivity contribution in [2.24, 2.45) is 0 Å². The highest BCUT2D eigenvalue weighted by molar-refractivity contribution is 7.99. The van der Waals surface area contributed by atoms with Crippen LogP contribution < -0.4 is 5.56 Å². The molecule has 0 aliphatic carbocycles. The minimum absolute atomic E-state index is 0.0229. The Morgan fingerprint density at radius 2 is 1.93 bits per heavy atom. The van der Waals surface area contributed by atoms with E-state index in [9.17, 15) is 9.59 Å². The van der Waals surface area contributed by atoms with Gasteiger partial charge in [-0.15, -0.1) is 0 Å². The van der Waals surface area contributed by atoms with Gasteiger partial charge in [0.1, 0.15) is 6.54 Å². The van der Waals surface area contributed by atoms with Crippen molar-refractivity contribution in [3.8, 4) is 0 Å². The van der Waals surface area contributed by atoms with E-state index in [1.807, 2.05) is 28.8 Å². The average molecular weight is 394 g/mol. The zero-order valence-electron chi connectivity index (χ0n) is 15.9. The van der Waals surface area contributed by atoms with E-state index >= 15 is 0 Å². The molecule has 1 atom stereocenters. The van der Waals surface area contributed by atoms with E-state index in [1.54, 1.807) is 12.1 Å². The minimum Gasteiger partial charge on any atom is -0.340 e. The van der Waals surface area contributed by atoms with E-state index in [2.05, 4.69) is 36.2 Å². The molecule has 5 nitrogen and oxygen atoms in total. The van der Waals surface area contributed by atoms with Gasteiger partial charge < -0.3 is 4.90 Å². The molecule has 0 radical (unpaired) electrons. The number of hydrogen-bond donors (Lipinski definition) is 0. The molecule has 1 fully saturated rings. The first-order chi connectivity index (χ1) is 13.6. The normalized spacial score (nSPS) is 17.5. The quantitative estimate of drug-likeness (QED) is 0.684. The van der Waals surface area contributed by atoms with Crippen LogP contribution in [0.1, 0.15) is 22.8 Å². The molecule has 3 aromatic rings. The Kier molecular flexibility index (Phi) is 5.48. The number of amides is 1. The molecule has 2 heterocycles. The highest BCUT2D eigenvalue weighted by Gasteiger charge is 2.23. The zero-order valence-corrected chi connectivity index (χ0v) is 16.7. The number of hydrogen-bond acceptors (Lipinski definition) is 4. The largest absolute Gasteiger partial charge is 0.340 e. The Bertz CT molecular complexity index is 1060. The number of rotatable bonds is 3. The number of para-hydroxylation sites is 1. The number of benzene rings is 2. The summed E-state index contributed by atoms with van der Waals surface area (Å²) in [4.78, 5) is 31.7. The van der Waals surface area contributed by atoms with E-state index in [0.29, 0.717) is 29.2 Å². The number of carbonyl (C=O) groups is 1.